The minimum atomic E-state index is -0.978. The minimum Gasteiger partial charge on any atom is -0.480 e. The van der Waals surface area contributed by atoms with Crippen LogP contribution in [0.5, 0.6) is 0 Å². The van der Waals surface area contributed by atoms with Gasteiger partial charge in [-0.15, -0.1) is 0 Å². The average Bonchev–Trinajstić information content (AvgIpc) is 2.12. The monoisotopic (exact) mass is 202 g/mol. The molecule has 0 aliphatic carbocycles. The van der Waals surface area contributed by atoms with Gasteiger partial charge >= 0.3 is 5.97 Å². The molecule has 0 saturated carbocycles. The first-order valence-corrected chi connectivity index (χ1v) is 4.60. The van der Waals surface area contributed by atoms with Gasteiger partial charge in [0.05, 0.1) is 0 Å². The summed E-state index contributed by atoms with van der Waals surface area (Å²) in [5, 5.41) is 11.3. The Morgan fingerprint density at radius 1 is 1.64 bits per heavy atom. The highest BCUT2D eigenvalue weighted by Gasteiger charge is 2.09. The van der Waals surface area contributed by atoms with E-state index in [1.54, 1.807) is 0 Å². The molecule has 0 aliphatic heterocycles. The van der Waals surface area contributed by atoms with Crippen molar-refractivity contribution in [3.63, 3.8) is 0 Å². The second-order valence-electron chi connectivity index (χ2n) is 2.88. The van der Waals surface area contributed by atoms with Crippen molar-refractivity contribution in [3.8, 4) is 0 Å². The summed E-state index contributed by atoms with van der Waals surface area (Å²) in [6.07, 6.45) is 1.04. The fourth-order valence-electron chi connectivity index (χ4n) is 0.871. The number of rotatable bonds is 6. The number of aliphatic imine (C=N–C) groups is 1. The van der Waals surface area contributed by atoms with E-state index in [4.69, 9.17) is 16.6 Å². The van der Waals surface area contributed by atoms with Gasteiger partial charge in [0.1, 0.15) is 6.04 Å². The number of hydrogen-bond donors (Lipinski definition) is 4. The lowest BCUT2D eigenvalue weighted by atomic mass is 10.2. The Morgan fingerprint density at radius 3 is 2.79 bits per heavy atom. The number of carboxylic acids is 1. The molecule has 0 aromatic carbocycles. The summed E-state index contributed by atoms with van der Waals surface area (Å²) in [6, 6.07) is -0.800. The van der Waals surface area contributed by atoms with Crippen LogP contribution in [0, 0.1) is 0 Å². The molecule has 6 N–H and O–H groups in total. The van der Waals surface area contributed by atoms with Gasteiger partial charge in [0, 0.05) is 13.1 Å². The lowest BCUT2D eigenvalue weighted by molar-refractivity contribution is -0.138. The van der Waals surface area contributed by atoms with Gasteiger partial charge in [-0.3, -0.25) is 9.79 Å². The number of guanidine groups is 1. The second-order valence-corrected chi connectivity index (χ2v) is 2.88. The summed E-state index contributed by atoms with van der Waals surface area (Å²) in [4.78, 5) is 14.3. The molecular formula is C8H18N4O2. The van der Waals surface area contributed by atoms with E-state index in [0.29, 0.717) is 25.3 Å². The Labute approximate surface area is 83.4 Å². The van der Waals surface area contributed by atoms with Crippen LogP contribution in [0.3, 0.4) is 0 Å². The van der Waals surface area contributed by atoms with Gasteiger partial charge in [0.2, 0.25) is 0 Å². The molecule has 14 heavy (non-hydrogen) atoms. The van der Waals surface area contributed by atoms with E-state index >= 15 is 0 Å². The number of carboxylic acid groups (broad SMARTS) is 1. The molecule has 1 atom stereocenters. The van der Waals surface area contributed by atoms with E-state index in [0.717, 1.165) is 6.54 Å². The molecule has 0 aromatic rings. The maximum absolute atomic E-state index is 10.3. The van der Waals surface area contributed by atoms with Crippen LogP contribution in [-0.4, -0.2) is 36.2 Å². The van der Waals surface area contributed by atoms with Gasteiger partial charge in [-0.05, 0) is 19.8 Å². The highest BCUT2D eigenvalue weighted by atomic mass is 16.4. The van der Waals surface area contributed by atoms with Gasteiger partial charge in [0.25, 0.3) is 0 Å². The van der Waals surface area contributed by atoms with Gasteiger partial charge < -0.3 is 21.9 Å². The van der Waals surface area contributed by atoms with Crippen LogP contribution >= 0.6 is 0 Å². The summed E-state index contributed by atoms with van der Waals surface area (Å²) in [7, 11) is 0. The largest absolute Gasteiger partial charge is 0.480 e. The van der Waals surface area contributed by atoms with E-state index < -0.39 is 12.0 Å². The molecule has 6 nitrogen and oxygen atoms in total. The predicted molar refractivity (Wildman–Crippen MR) is 55.0 cm³/mol. The van der Waals surface area contributed by atoms with Gasteiger partial charge in [-0.1, -0.05) is 0 Å². The average molecular weight is 202 g/mol. The van der Waals surface area contributed by atoms with Crippen LogP contribution in [0.15, 0.2) is 4.99 Å². The van der Waals surface area contributed by atoms with Gasteiger partial charge in [-0.25, -0.2) is 0 Å². The summed E-state index contributed by atoms with van der Waals surface area (Å²) >= 11 is 0. The summed E-state index contributed by atoms with van der Waals surface area (Å²) in [5.74, 6) is -0.593. The van der Waals surface area contributed by atoms with Crippen LogP contribution in [0.1, 0.15) is 19.8 Å². The molecule has 0 saturated heterocycles. The van der Waals surface area contributed by atoms with E-state index in [1.807, 2.05) is 6.92 Å². The molecule has 0 rings (SSSR count). The van der Waals surface area contributed by atoms with Crippen molar-refractivity contribution >= 4 is 11.9 Å². The molecule has 82 valence electrons. The zero-order valence-electron chi connectivity index (χ0n) is 8.36. The molecule has 0 unspecified atom stereocenters. The Bertz CT molecular complexity index is 206. The van der Waals surface area contributed by atoms with Gasteiger partial charge in [-0.2, -0.15) is 0 Å². The number of hydrogen-bond acceptors (Lipinski definition) is 3. The van der Waals surface area contributed by atoms with E-state index in [-0.39, 0.29) is 0 Å². The van der Waals surface area contributed by atoms with Crippen molar-refractivity contribution in [3.05, 3.63) is 0 Å². The maximum atomic E-state index is 10.3. The molecule has 0 aliphatic rings. The molecular weight excluding hydrogens is 184 g/mol. The topological polar surface area (TPSA) is 114 Å². The van der Waals surface area contributed by atoms with Crippen molar-refractivity contribution in [1.29, 1.82) is 0 Å². The lowest BCUT2D eigenvalue weighted by Crippen LogP contribution is -2.32. The molecule has 0 radical (unpaired) electrons. The fraction of sp³-hybridized carbons (Fsp3) is 0.750. The quantitative estimate of drug-likeness (QED) is 0.253. The molecule has 0 bridgehead atoms. The van der Waals surface area contributed by atoms with Crippen molar-refractivity contribution < 1.29 is 9.90 Å². The number of nitrogens with one attached hydrogen (secondary N) is 1. The molecule has 0 fully saturated rings. The summed E-state index contributed by atoms with van der Waals surface area (Å²) in [5.41, 5.74) is 10.7. The van der Waals surface area contributed by atoms with Crippen LogP contribution in [0.4, 0.5) is 0 Å². The Hall–Kier alpha value is -1.30. The Morgan fingerprint density at radius 2 is 2.29 bits per heavy atom. The van der Waals surface area contributed by atoms with Crippen molar-refractivity contribution in [2.45, 2.75) is 25.8 Å². The minimum absolute atomic E-state index is 0.386. The smallest absolute Gasteiger partial charge is 0.320 e. The van der Waals surface area contributed by atoms with Crippen LogP contribution in [-0.2, 0) is 4.79 Å². The molecule has 0 aromatic heterocycles. The molecule has 0 spiro atoms. The molecule has 6 heteroatoms. The summed E-state index contributed by atoms with van der Waals surface area (Å²) in [6.45, 7) is 3.15. The van der Waals surface area contributed by atoms with E-state index in [1.165, 1.54) is 0 Å². The first-order chi connectivity index (χ1) is 6.57. The normalized spacial score (nSPS) is 13.7. The van der Waals surface area contributed by atoms with E-state index in [2.05, 4.69) is 10.3 Å². The standard InChI is InChI=1S/C8H18N4O2/c1-2-11-8(10)12-5-3-4-6(9)7(13)14/h6H,2-5,9H2,1H3,(H,13,14)(H3,10,11,12)/t6-/m0/s1. The number of aliphatic carboxylic acids is 1. The highest BCUT2D eigenvalue weighted by molar-refractivity contribution is 5.77. The van der Waals surface area contributed by atoms with Gasteiger partial charge in [0.15, 0.2) is 5.96 Å². The Kier molecular flexibility index (Phi) is 6.47. The first kappa shape index (κ1) is 12.7. The summed E-state index contributed by atoms with van der Waals surface area (Å²) < 4.78 is 0. The maximum Gasteiger partial charge on any atom is 0.320 e. The number of nitrogens with two attached hydrogens (primary N) is 2. The third-order valence-corrected chi connectivity index (χ3v) is 1.63. The lowest BCUT2D eigenvalue weighted by Gasteiger charge is -2.04. The zero-order valence-corrected chi connectivity index (χ0v) is 8.36. The van der Waals surface area contributed by atoms with Crippen molar-refractivity contribution in [2.24, 2.45) is 16.5 Å². The number of nitrogens with zero attached hydrogens (tertiary/aromatic N) is 1. The van der Waals surface area contributed by atoms with Crippen LogP contribution in [0.25, 0.3) is 0 Å². The van der Waals surface area contributed by atoms with Crippen LogP contribution < -0.4 is 16.8 Å². The first-order valence-electron chi connectivity index (χ1n) is 4.60. The SMILES string of the molecule is CCNC(N)=NCCC[C@H](N)C(=O)O. The van der Waals surface area contributed by atoms with E-state index in [9.17, 15) is 4.79 Å². The van der Waals surface area contributed by atoms with Crippen molar-refractivity contribution in [2.75, 3.05) is 13.1 Å². The predicted octanol–water partition coefficient (Wildman–Crippen LogP) is -0.897. The second kappa shape index (κ2) is 7.14. The van der Waals surface area contributed by atoms with Crippen molar-refractivity contribution in [1.82, 2.24) is 5.32 Å². The Balaban J connectivity index is 3.55. The van der Waals surface area contributed by atoms with Crippen LogP contribution in [0.2, 0.25) is 0 Å². The highest BCUT2D eigenvalue weighted by Crippen LogP contribution is 1.94. The zero-order chi connectivity index (χ0) is 11.0. The third-order valence-electron chi connectivity index (χ3n) is 1.63. The molecule has 0 amide bonds. The molecule has 0 heterocycles. The fourth-order valence-corrected chi connectivity index (χ4v) is 0.871. The number of carbonyl (C=O) groups is 1. The third kappa shape index (κ3) is 6.24.